The first kappa shape index (κ1) is 26.1. The Labute approximate surface area is 206 Å². The van der Waals surface area contributed by atoms with E-state index >= 15 is 4.39 Å². The fraction of sp³-hybridized carbons (Fsp3) is 0.348. The highest BCUT2D eigenvalue weighted by atomic mass is 19.4. The number of nitrogens with zero attached hydrogens (tertiary/aromatic N) is 4. The number of anilines is 1. The number of carbonyl (C=O) groups is 1. The van der Waals surface area contributed by atoms with Gasteiger partial charge in [-0.25, -0.2) is 18.0 Å². The molecule has 0 spiro atoms. The second kappa shape index (κ2) is 9.82. The number of halogens is 6. The van der Waals surface area contributed by atoms with E-state index in [0.29, 0.717) is 37.2 Å². The van der Waals surface area contributed by atoms with Crippen molar-refractivity contribution in [3.63, 3.8) is 0 Å². The smallest absolute Gasteiger partial charge is 0.425 e. The lowest BCUT2D eigenvalue weighted by atomic mass is 10.1. The van der Waals surface area contributed by atoms with Gasteiger partial charge in [0.15, 0.2) is 6.10 Å². The minimum atomic E-state index is -4.84. The zero-order chi connectivity index (χ0) is 27.1. The van der Waals surface area contributed by atoms with Gasteiger partial charge in [-0.3, -0.25) is 9.36 Å². The Kier molecular flexibility index (Phi) is 6.93. The van der Waals surface area contributed by atoms with Gasteiger partial charge in [0.1, 0.15) is 28.9 Å². The van der Waals surface area contributed by atoms with Crippen LogP contribution in [0.5, 0.6) is 5.75 Å². The number of aromatic nitrogens is 3. The Morgan fingerprint density at radius 1 is 1.14 bits per heavy atom. The number of ether oxygens (including phenoxy) is 1. The first-order chi connectivity index (χ1) is 17.4. The largest absolute Gasteiger partial charge is 0.480 e. The summed E-state index contributed by atoms with van der Waals surface area (Å²) in [4.78, 5) is 27.3. The molecule has 0 saturated heterocycles. The lowest BCUT2D eigenvalue weighted by Crippen LogP contribution is -2.33. The quantitative estimate of drug-likeness (QED) is 0.494. The number of rotatable bonds is 6. The molecule has 0 bridgehead atoms. The molecule has 0 fully saturated rings. The average molecular weight is 529 g/mol. The molecule has 1 aliphatic rings. The van der Waals surface area contributed by atoms with Crippen LogP contribution >= 0.6 is 0 Å². The molecule has 0 radical (unpaired) electrons. The number of amides is 1. The third-order valence-electron chi connectivity index (χ3n) is 5.83. The van der Waals surface area contributed by atoms with E-state index in [1.54, 1.807) is 11.9 Å². The van der Waals surface area contributed by atoms with Gasteiger partial charge >= 0.3 is 11.9 Å². The van der Waals surface area contributed by atoms with E-state index in [1.807, 2.05) is 0 Å². The Morgan fingerprint density at radius 2 is 1.81 bits per heavy atom. The molecule has 0 saturated carbocycles. The third-order valence-corrected chi connectivity index (χ3v) is 5.83. The molecule has 1 amide bonds. The van der Waals surface area contributed by atoms with Crippen LogP contribution in [0.25, 0.3) is 5.69 Å². The summed E-state index contributed by atoms with van der Waals surface area (Å²) < 4.78 is 89.6. The summed E-state index contributed by atoms with van der Waals surface area (Å²) in [7, 11) is 1.67. The van der Waals surface area contributed by atoms with Crippen molar-refractivity contribution < 1.29 is 35.9 Å². The van der Waals surface area contributed by atoms with E-state index in [2.05, 4.69) is 10.4 Å². The van der Waals surface area contributed by atoms with Crippen LogP contribution in [0.2, 0.25) is 0 Å². The van der Waals surface area contributed by atoms with Gasteiger partial charge in [-0.1, -0.05) is 6.07 Å². The first-order valence-corrected chi connectivity index (χ1v) is 11.1. The number of hydrogen-bond acceptors (Lipinski definition) is 5. The Hall–Kier alpha value is -3.97. The van der Waals surface area contributed by atoms with Crippen LogP contribution in [0.15, 0.2) is 35.1 Å². The molecule has 1 N–H and O–H groups in total. The van der Waals surface area contributed by atoms with Crippen LogP contribution in [-0.4, -0.2) is 46.1 Å². The second-order valence-corrected chi connectivity index (χ2v) is 8.41. The second-order valence-electron chi connectivity index (χ2n) is 8.41. The average Bonchev–Trinajstić information content (AvgIpc) is 3.16. The monoisotopic (exact) mass is 529 g/mol. The van der Waals surface area contributed by atoms with Crippen LogP contribution in [0, 0.1) is 17.5 Å². The van der Waals surface area contributed by atoms with Crippen LogP contribution in [-0.2, 0) is 13.1 Å². The number of alkyl halides is 3. The van der Waals surface area contributed by atoms with Crippen LogP contribution in [0.3, 0.4) is 0 Å². The molecule has 1 atom stereocenters. The summed E-state index contributed by atoms with van der Waals surface area (Å²) in [6.07, 6.45) is -6.64. The minimum absolute atomic E-state index is 0.232. The van der Waals surface area contributed by atoms with Crippen molar-refractivity contribution in [1.82, 2.24) is 19.7 Å². The van der Waals surface area contributed by atoms with Crippen molar-refractivity contribution >= 4 is 11.9 Å². The Morgan fingerprint density at radius 3 is 2.43 bits per heavy atom. The van der Waals surface area contributed by atoms with E-state index < -0.39 is 70.4 Å². The maximum atomic E-state index is 15.2. The maximum absolute atomic E-state index is 15.2. The number of carbonyl (C=O) groups excluding carboxylic acids is 1. The Balaban J connectivity index is 1.75. The zero-order valence-electron chi connectivity index (χ0n) is 19.6. The lowest BCUT2D eigenvalue weighted by molar-refractivity contribution is -0.189. The molecule has 1 aliphatic heterocycles. The summed E-state index contributed by atoms with van der Waals surface area (Å²) in [5, 5.41) is 6.24. The topological polar surface area (TPSA) is 81.4 Å². The molecule has 14 heteroatoms. The van der Waals surface area contributed by atoms with Crippen molar-refractivity contribution in [1.29, 1.82) is 0 Å². The van der Waals surface area contributed by atoms with Crippen molar-refractivity contribution in [3.8, 4) is 11.4 Å². The third kappa shape index (κ3) is 5.13. The van der Waals surface area contributed by atoms with Crippen molar-refractivity contribution in [2.24, 2.45) is 0 Å². The van der Waals surface area contributed by atoms with Gasteiger partial charge in [0.2, 0.25) is 5.95 Å². The van der Waals surface area contributed by atoms with Gasteiger partial charge in [0, 0.05) is 38.3 Å². The maximum Gasteiger partial charge on any atom is 0.425 e. The highest BCUT2D eigenvalue weighted by Gasteiger charge is 2.39. The number of nitrogens with one attached hydrogen (secondary N) is 1. The standard InChI is InChI=1S/C23H21F6N5O3/c1-12(23(27,28)29)37-19-10-18(34-22(36)33-8-4-7-32(2)21(33)31-34)17(26)9-13(19)20(35)30-11-14-15(24)5-3-6-16(14)25/h3,5-6,9-10,12H,4,7-8,11H2,1-2H3,(H,30,35)/t12-/m0/s1. The highest BCUT2D eigenvalue weighted by molar-refractivity contribution is 5.97. The molecule has 1 aromatic heterocycles. The predicted octanol–water partition coefficient (Wildman–Crippen LogP) is 3.55. The van der Waals surface area contributed by atoms with Gasteiger partial charge in [-0.05, 0) is 31.5 Å². The van der Waals surface area contributed by atoms with Crippen molar-refractivity contribution in [3.05, 3.63) is 69.4 Å². The molecule has 2 aromatic carbocycles. The summed E-state index contributed by atoms with van der Waals surface area (Å²) in [5.41, 5.74) is -2.45. The fourth-order valence-corrected chi connectivity index (χ4v) is 3.79. The van der Waals surface area contributed by atoms with Gasteiger partial charge in [0.25, 0.3) is 5.91 Å². The van der Waals surface area contributed by atoms with E-state index in [9.17, 15) is 31.5 Å². The lowest BCUT2D eigenvalue weighted by Gasteiger charge is -2.22. The van der Waals surface area contributed by atoms with Crippen molar-refractivity contribution in [2.45, 2.75) is 38.7 Å². The molecule has 3 aromatic rings. The van der Waals surface area contributed by atoms with Crippen LogP contribution in [0.4, 0.5) is 32.3 Å². The molecular weight excluding hydrogens is 508 g/mol. The summed E-state index contributed by atoms with van der Waals surface area (Å²) in [5.74, 6) is -4.72. The molecule has 2 heterocycles. The Bertz CT molecular complexity index is 1380. The summed E-state index contributed by atoms with van der Waals surface area (Å²) in [6, 6.07) is 4.37. The van der Waals surface area contributed by atoms with E-state index in [1.165, 1.54) is 4.57 Å². The van der Waals surface area contributed by atoms with Gasteiger partial charge in [0.05, 0.1) is 5.56 Å². The predicted molar refractivity (Wildman–Crippen MR) is 119 cm³/mol. The summed E-state index contributed by atoms with van der Waals surface area (Å²) in [6.45, 7) is 0.893. The van der Waals surface area contributed by atoms with Crippen LogP contribution in [0.1, 0.15) is 29.3 Å². The van der Waals surface area contributed by atoms with Gasteiger partial charge < -0.3 is 15.0 Å². The molecule has 0 aliphatic carbocycles. The minimum Gasteiger partial charge on any atom is -0.480 e. The van der Waals surface area contributed by atoms with Crippen LogP contribution < -0.4 is 20.6 Å². The normalized spacial score (nSPS) is 14.3. The molecule has 0 unspecified atom stereocenters. The first-order valence-electron chi connectivity index (χ1n) is 11.1. The SMILES string of the molecule is C[C@H](Oc1cc(-n2nc3n(c2=O)CCCN3C)c(F)cc1C(=O)NCc1c(F)cccc1F)C(F)(F)F. The van der Waals surface area contributed by atoms with Gasteiger partial charge in [-0.15, -0.1) is 5.10 Å². The zero-order valence-corrected chi connectivity index (χ0v) is 19.6. The van der Waals surface area contributed by atoms with E-state index in [0.717, 1.165) is 24.3 Å². The number of fused-ring (bicyclic) bond motifs is 1. The highest BCUT2D eigenvalue weighted by Crippen LogP contribution is 2.31. The molecule has 4 rings (SSSR count). The molecule has 37 heavy (non-hydrogen) atoms. The molecular formula is C23H21F6N5O3. The van der Waals surface area contributed by atoms with Crippen molar-refractivity contribution in [2.75, 3.05) is 18.5 Å². The van der Waals surface area contributed by atoms with E-state index in [-0.39, 0.29) is 5.95 Å². The number of hydrogen-bond donors (Lipinski definition) is 1. The number of benzene rings is 2. The van der Waals surface area contributed by atoms with E-state index in [4.69, 9.17) is 4.74 Å². The fourth-order valence-electron chi connectivity index (χ4n) is 3.79. The molecule has 8 nitrogen and oxygen atoms in total. The summed E-state index contributed by atoms with van der Waals surface area (Å²) >= 11 is 0. The van der Waals surface area contributed by atoms with Gasteiger partial charge in [-0.2, -0.15) is 17.9 Å². The molecule has 198 valence electrons.